The maximum absolute atomic E-state index is 13.0. The number of ether oxygens (including phenoxy) is 1. The van der Waals surface area contributed by atoms with E-state index in [-0.39, 0.29) is 25.0 Å². The van der Waals surface area contributed by atoms with Gasteiger partial charge in [-0.3, -0.25) is 18.7 Å². The van der Waals surface area contributed by atoms with Gasteiger partial charge in [-0.25, -0.2) is 9.59 Å². The first-order valence-electron chi connectivity index (χ1n) is 10.2. The van der Waals surface area contributed by atoms with Crippen LogP contribution in [0.1, 0.15) is 37.2 Å². The number of methoxy groups -OCH3 is 1. The van der Waals surface area contributed by atoms with E-state index in [9.17, 15) is 19.2 Å². The number of nitrogens with zero attached hydrogens (tertiary/aromatic N) is 2. The smallest absolute Gasteiger partial charge is 0.331 e. The Kier molecular flexibility index (Phi) is 6.89. The van der Waals surface area contributed by atoms with Gasteiger partial charge in [0.1, 0.15) is 0 Å². The molecule has 3 aromatic rings. The lowest BCUT2D eigenvalue weighted by Gasteiger charge is -2.17. The number of rotatable bonds is 7. The van der Waals surface area contributed by atoms with Gasteiger partial charge in [0.05, 0.1) is 24.1 Å². The summed E-state index contributed by atoms with van der Waals surface area (Å²) in [6.07, 6.45) is 0. The monoisotopic (exact) mass is 438 g/mol. The lowest BCUT2D eigenvalue weighted by atomic mass is 10.1. The molecule has 0 fully saturated rings. The number of aromatic nitrogens is 2. The molecule has 32 heavy (non-hydrogen) atoms. The SMILES string of the molecule is COCCn1c(=O)c2cc(NC(=O)Nc3cccc(C(C)=O)c3)ccc2n(C(C)C)c1=O. The van der Waals surface area contributed by atoms with Crippen molar-refractivity contribution in [2.45, 2.75) is 33.4 Å². The Hall–Kier alpha value is -3.72. The van der Waals surface area contributed by atoms with Crippen molar-refractivity contribution in [2.75, 3.05) is 24.4 Å². The zero-order chi connectivity index (χ0) is 23.4. The molecule has 9 heteroatoms. The number of carbonyl (C=O) groups excluding carboxylic acids is 2. The van der Waals surface area contributed by atoms with E-state index in [0.29, 0.717) is 27.8 Å². The van der Waals surface area contributed by atoms with Crippen molar-refractivity contribution >= 4 is 34.1 Å². The molecule has 2 amide bonds. The van der Waals surface area contributed by atoms with Crippen LogP contribution in [-0.2, 0) is 11.3 Å². The van der Waals surface area contributed by atoms with Crippen molar-refractivity contribution in [3.63, 3.8) is 0 Å². The third kappa shape index (κ3) is 4.78. The number of hydrogen-bond donors (Lipinski definition) is 2. The zero-order valence-electron chi connectivity index (χ0n) is 18.5. The minimum Gasteiger partial charge on any atom is -0.383 e. The molecule has 168 valence electrons. The summed E-state index contributed by atoms with van der Waals surface area (Å²) in [5, 5.41) is 5.67. The summed E-state index contributed by atoms with van der Waals surface area (Å²) in [6.45, 7) is 5.52. The molecule has 1 aromatic heterocycles. The van der Waals surface area contributed by atoms with Crippen LogP contribution in [0.2, 0.25) is 0 Å². The number of carbonyl (C=O) groups is 2. The van der Waals surface area contributed by atoms with Crippen LogP contribution in [0, 0.1) is 0 Å². The van der Waals surface area contributed by atoms with Gasteiger partial charge in [0.25, 0.3) is 5.56 Å². The predicted octanol–water partition coefficient (Wildman–Crippen LogP) is 3.24. The third-order valence-electron chi connectivity index (χ3n) is 4.99. The molecular weight excluding hydrogens is 412 g/mol. The second kappa shape index (κ2) is 9.61. The number of amides is 2. The van der Waals surface area contributed by atoms with Crippen LogP contribution in [0.4, 0.5) is 16.2 Å². The molecule has 2 aromatic carbocycles. The first-order chi connectivity index (χ1) is 15.2. The standard InChI is InChI=1S/C23H26N4O5/c1-14(2)27-20-9-8-18(13-19(20)21(29)26(23(27)31)10-11-32-4)25-22(30)24-17-7-5-6-16(12-17)15(3)28/h5-9,12-14H,10-11H2,1-4H3,(H2,24,25,30). The number of hydrogen-bond acceptors (Lipinski definition) is 5. The largest absolute Gasteiger partial charge is 0.383 e. The fourth-order valence-electron chi connectivity index (χ4n) is 3.45. The van der Waals surface area contributed by atoms with Gasteiger partial charge < -0.3 is 15.4 Å². The van der Waals surface area contributed by atoms with Crippen molar-refractivity contribution in [1.82, 2.24) is 9.13 Å². The number of urea groups is 1. The summed E-state index contributed by atoms with van der Waals surface area (Å²) >= 11 is 0. The topological polar surface area (TPSA) is 111 Å². The van der Waals surface area contributed by atoms with Crippen LogP contribution >= 0.6 is 0 Å². The highest BCUT2D eigenvalue weighted by molar-refractivity contribution is 6.02. The van der Waals surface area contributed by atoms with E-state index in [1.54, 1.807) is 47.0 Å². The molecule has 3 rings (SSSR count). The van der Waals surface area contributed by atoms with E-state index >= 15 is 0 Å². The molecule has 0 aliphatic carbocycles. The second-order valence-electron chi connectivity index (χ2n) is 7.64. The van der Waals surface area contributed by atoms with E-state index in [1.807, 2.05) is 13.8 Å². The molecule has 2 N–H and O–H groups in total. The average Bonchev–Trinajstić information content (AvgIpc) is 2.74. The van der Waals surface area contributed by atoms with Crippen LogP contribution in [0.5, 0.6) is 0 Å². The minimum atomic E-state index is -0.526. The summed E-state index contributed by atoms with van der Waals surface area (Å²) < 4.78 is 7.72. The van der Waals surface area contributed by atoms with Crippen molar-refractivity contribution < 1.29 is 14.3 Å². The van der Waals surface area contributed by atoms with Crippen LogP contribution in [0.25, 0.3) is 10.9 Å². The molecular formula is C23H26N4O5. The molecule has 0 unspecified atom stereocenters. The maximum Gasteiger partial charge on any atom is 0.331 e. The third-order valence-corrected chi connectivity index (χ3v) is 4.99. The molecule has 0 aliphatic rings. The normalized spacial score (nSPS) is 11.0. The molecule has 1 heterocycles. The van der Waals surface area contributed by atoms with E-state index in [4.69, 9.17) is 4.74 Å². The summed E-state index contributed by atoms with van der Waals surface area (Å²) in [5.41, 5.74) is 0.977. The summed E-state index contributed by atoms with van der Waals surface area (Å²) in [7, 11) is 1.50. The van der Waals surface area contributed by atoms with Crippen molar-refractivity contribution in [3.05, 3.63) is 68.9 Å². The molecule has 0 aliphatic heterocycles. The van der Waals surface area contributed by atoms with Crippen LogP contribution in [0.15, 0.2) is 52.1 Å². The predicted molar refractivity (Wildman–Crippen MR) is 124 cm³/mol. The maximum atomic E-state index is 13.0. The zero-order valence-corrected chi connectivity index (χ0v) is 18.5. The van der Waals surface area contributed by atoms with Gasteiger partial charge >= 0.3 is 11.7 Å². The van der Waals surface area contributed by atoms with E-state index in [2.05, 4.69) is 10.6 Å². The Morgan fingerprint density at radius 3 is 2.34 bits per heavy atom. The van der Waals surface area contributed by atoms with Gasteiger partial charge in [-0.15, -0.1) is 0 Å². The van der Waals surface area contributed by atoms with Gasteiger partial charge in [-0.2, -0.15) is 0 Å². The fourth-order valence-corrected chi connectivity index (χ4v) is 3.45. The lowest BCUT2D eigenvalue weighted by molar-refractivity contribution is 0.101. The molecule has 0 radical (unpaired) electrons. The van der Waals surface area contributed by atoms with Crippen molar-refractivity contribution in [2.24, 2.45) is 0 Å². The number of ketones is 1. The minimum absolute atomic E-state index is 0.107. The van der Waals surface area contributed by atoms with Crippen molar-refractivity contribution in [3.8, 4) is 0 Å². The summed E-state index contributed by atoms with van der Waals surface area (Å²) in [6, 6.07) is 10.7. The Morgan fingerprint density at radius 2 is 1.72 bits per heavy atom. The van der Waals surface area contributed by atoms with E-state index in [1.165, 1.54) is 14.0 Å². The number of benzene rings is 2. The molecule has 0 spiro atoms. The van der Waals surface area contributed by atoms with Crippen molar-refractivity contribution in [1.29, 1.82) is 0 Å². The number of fused-ring (bicyclic) bond motifs is 1. The highest BCUT2D eigenvalue weighted by atomic mass is 16.5. The van der Waals surface area contributed by atoms with Gasteiger partial charge in [-0.05, 0) is 51.1 Å². The molecule has 0 atom stereocenters. The Bertz CT molecular complexity index is 1290. The first kappa shape index (κ1) is 23.0. The molecule has 0 saturated heterocycles. The first-order valence-corrected chi connectivity index (χ1v) is 10.2. The highest BCUT2D eigenvalue weighted by Crippen LogP contribution is 2.19. The van der Waals surface area contributed by atoms with Crippen LogP contribution < -0.4 is 21.9 Å². The molecule has 9 nitrogen and oxygen atoms in total. The fraction of sp³-hybridized carbons (Fsp3) is 0.304. The number of nitrogens with one attached hydrogen (secondary N) is 2. The molecule has 0 saturated carbocycles. The summed E-state index contributed by atoms with van der Waals surface area (Å²) in [4.78, 5) is 49.8. The Balaban J connectivity index is 1.95. The van der Waals surface area contributed by atoms with Gasteiger partial charge in [0.2, 0.25) is 0 Å². The second-order valence-corrected chi connectivity index (χ2v) is 7.64. The highest BCUT2D eigenvalue weighted by Gasteiger charge is 2.16. The number of Topliss-reactive ketones (excluding diaryl/α,β-unsaturated/α-hetero) is 1. The average molecular weight is 438 g/mol. The van der Waals surface area contributed by atoms with E-state index < -0.39 is 17.3 Å². The Labute approximate surface area is 184 Å². The van der Waals surface area contributed by atoms with Gasteiger partial charge in [-0.1, -0.05) is 12.1 Å². The van der Waals surface area contributed by atoms with E-state index in [0.717, 1.165) is 4.57 Å². The molecule has 0 bridgehead atoms. The van der Waals surface area contributed by atoms with Gasteiger partial charge in [0.15, 0.2) is 5.78 Å². The quantitative estimate of drug-likeness (QED) is 0.550. The lowest BCUT2D eigenvalue weighted by Crippen LogP contribution is -2.41. The Morgan fingerprint density at radius 1 is 1.03 bits per heavy atom. The van der Waals surface area contributed by atoms with Crippen LogP contribution in [-0.4, -0.2) is 34.7 Å². The van der Waals surface area contributed by atoms with Gasteiger partial charge in [0, 0.05) is 30.1 Å². The van der Waals surface area contributed by atoms with Crippen LogP contribution in [0.3, 0.4) is 0 Å². The summed E-state index contributed by atoms with van der Waals surface area (Å²) in [5.74, 6) is -0.107. The number of anilines is 2.